The van der Waals surface area contributed by atoms with Crippen LogP contribution in [0.15, 0.2) is 0 Å². The topological polar surface area (TPSA) is 9.23 Å². The smallest absolute Gasteiger partial charge is 0.410 e. The highest BCUT2D eigenvalue weighted by atomic mass is 27.1. The molecule has 0 saturated carbocycles. The summed E-state index contributed by atoms with van der Waals surface area (Å²) < 4.78 is 5.20. The summed E-state index contributed by atoms with van der Waals surface area (Å²) in [5.41, 5.74) is 0. The summed E-state index contributed by atoms with van der Waals surface area (Å²) in [5, 5.41) is 0. The first kappa shape index (κ1) is 8.49. The average molecular weight is 130 g/mol. The summed E-state index contributed by atoms with van der Waals surface area (Å²) >= 11 is 0.878. The zero-order valence-corrected chi connectivity index (χ0v) is 8.27. The maximum atomic E-state index is 5.20. The summed E-state index contributed by atoms with van der Waals surface area (Å²) in [5.74, 6) is 0.777. The molecule has 48 valence electrons. The Labute approximate surface area is 60.2 Å². The SMILES string of the molecule is CC(C)CC(C)[O][AlH2]. The van der Waals surface area contributed by atoms with Crippen molar-refractivity contribution in [3.63, 3.8) is 0 Å². The Morgan fingerprint density at radius 2 is 1.88 bits per heavy atom. The summed E-state index contributed by atoms with van der Waals surface area (Å²) in [6, 6.07) is 0. The summed E-state index contributed by atoms with van der Waals surface area (Å²) in [4.78, 5) is 0. The predicted molar refractivity (Wildman–Crippen MR) is 38.5 cm³/mol. The molecule has 8 heavy (non-hydrogen) atoms. The average Bonchev–Trinajstić information content (AvgIpc) is 1.65. The van der Waals surface area contributed by atoms with Crippen LogP contribution >= 0.6 is 0 Å². The minimum atomic E-state index is 0.488. The lowest BCUT2D eigenvalue weighted by atomic mass is 10.1. The fourth-order valence-corrected chi connectivity index (χ4v) is 0.953. The molecule has 0 aliphatic heterocycles. The lowest BCUT2D eigenvalue weighted by Crippen LogP contribution is -2.08. The third kappa shape index (κ3) is 4.65. The van der Waals surface area contributed by atoms with Crippen molar-refractivity contribution in [2.24, 2.45) is 5.92 Å². The summed E-state index contributed by atoms with van der Waals surface area (Å²) in [6.45, 7) is 6.57. The van der Waals surface area contributed by atoms with Gasteiger partial charge in [0.1, 0.15) is 0 Å². The van der Waals surface area contributed by atoms with E-state index in [1.165, 1.54) is 6.42 Å². The molecule has 1 atom stereocenters. The Hall–Kier alpha value is 0.492. The van der Waals surface area contributed by atoms with E-state index < -0.39 is 0 Å². The molecule has 0 rings (SSSR count). The molecule has 0 amide bonds. The van der Waals surface area contributed by atoms with E-state index >= 15 is 0 Å². The molecule has 0 aromatic rings. The Bertz CT molecular complexity index is 54.5. The molecule has 0 fully saturated rings. The van der Waals surface area contributed by atoms with E-state index in [4.69, 9.17) is 3.79 Å². The Kier molecular flexibility index (Phi) is 4.65. The highest BCUT2D eigenvalue weighted by Gasteiger charge is 1.99. The van der Waals surface area contributed by atoms with Crippen molar-refractivity contribution in [2.45, 2.75) is 33.3 Å². The van der Waals surface area contributed by atoms with Gasteiger partial charge in [-0.2, -0.15) is 0 Å². The Balaban J connectivity index is 3.10. The van der Waals surface area contributed by atoms with Crippen LogP contribution in [0, 0.1) is 5.92 Å². The van der Waals surface area contributed by atoms with Crippen molar-refractivity contribution in [1.82, 2.24) is 0 Å². The molecule has 1 nitrogen and oxygen atoms in total. The molecular formula is C6H15AlO. The molecule has 0 aliphatic carbocycles. The van der Waals surface area contributed by atoms with E-state index in [1.54, 1.807) is 0 Å². The Morgan fingerprint density at radius 3 is 2.00 bits per heavy atom. The Morgan fingerprint density at radius 1 is 1.38 bits per heavy atom. The number of rotatable bonds is 3. The van der Waals surface area contributed by atoms with Crippen LogP contribution < -0.4 is 0 Å². The molecule has 0 saturated heterocycles. The van der Waals surface area contributed by atoms with Crippen LogP contribution in [0.2, 0.25) is 0 Å². The fraction of sp³-hybridized carbons (Fsp3) is 1.00. The van der Waals surface area contributed by atoms with Crippen LogP contribution in [0.25, 0.3) is 0 Å². The molecule has 1 unspecified atom stereocenters. The van der Waals surface area contributed by atoms with Gasteiger partial charge in [0, 0.05) is 6.10 Å². The summed E-state index contributed by atoms with van der Waals surface area (Å²) in [6.07, 6.45) is 1.69. The third-order valence-corrected chi connectivity index (χ3v) is 2.01. The molecule has 0 heterocycles. The minimum absolute atomic E-state index is 0.488. The quantitative estimate of drug-likeness (QED) is 0.517. The van der Waals surface area contributed by atoms with Gasteiger partial charge < -0.3 is 3.79 Å². The van der Waals surface area contributed by atoms with Gasteiger partial charge in [-0.15, -0.1) is 0 Å². The third-order valence-electron chi connectivity index (χ3n) is 1.21. The second-order valence-corrected chi connectivity index (χ2v) is 3.15. The molecule has 0 aromatic heterocycles. The van der Waals surface area contributed by atoms with Crippen LogP contribution in [-0.4, -0.2) is 22.7 Å². The predicted octanol–water partition coefficient (Wildman–Crippen LogP) is 0.986. The van der Waals surface area contributed by atoms with E-state index in [1.807, 2.05) is 0 Å². The zero-order chi connectivity index (χ0) is 6.57. The molecular weight excluding hydrogens is 115 g/mol. The van der Waals surface area contributed by atoms with Gasteiger partial charge in [-0.1, -0.05) is 13.8 Å². The molecule has 0 radical (unpaired) electrons. The van der Waals surface area contributed by atoms with Crippen LogP contribution in [0.4, 0.5) is 0 Å². The van der Waals surface area contributed by atoms with Crippen molar-refractivity contribution in [2.75, 3.05) is 0 Å². The maximum absolute atomic E-state index is 5.20. The van der Waals surface area contributed by atoms with Crippen molar-refractivity contribution in [3.05, 3.63) is 0 Å². The number of hydrogen-bond acceptors (Lipinski definition) is 1. The van der Waals surface area contributed by atoms with Crippen LogP contribution in [0.3, 0.4) is 0 Å². The van der Waals surface area contributed by atoms with E-state index in [9.17, 15) is 0 Å². The van der Waals surface area contributed by atoms with E-state index in [2.05, 4.69) is 20.8 Å². The van der Waals surface area contributed by atoms with Gasteiger partial charge in [-0.25, -0.2) is 0 Å². The largest absolute Gasteiger partial charge is 0.504 e. The van der Waals surface area contributed by atoms with Crippen molar-refractivity contribution < 1.29 is 3.79 Å². The number of hydrogen-bond donors (Lipinski definition) is 0. The molecule has 0 bridgehead atoms. The first-order valence-corrected chi connectivity index (χ1v) is 4.01. The highest BCUT2D eigenvalue weighted by molar-refractivity contribution is 5.98. The van der Waals surface area contributed by atoms with E-state index in [-0.39, 0.29) is 0 Å². The van der Waals surface area contributed by atoms with Gasteiger partial charge in [0.25, 0.3) is 0 Å². The molecule has 0 spiro atoms. The summed E-state index contributed by atoms with van der Waals surface area (Å²) in [7, 11) is 0. The van der Waals surface area contributed by atoms with Crippen molar-refractivity contribution >= 4 is 16.6 Å². The van der Waals surface area contributed by atoms with Crippen molar-refractivity contribution in [1.29, 1.82) is 0 Å². The highest BCUT2D eigenvalue weighted by Crippen LogP contribution is 2.05. The molecule has 0 aliphatic rings. The van der Waals surface area contributed by atoms with Gasteiger partial charge in [0.05, 0.1) is 0 Å². The van der Waals surface area contributed by atoms with Crippen LogP contribution in [0.5, 0.6) is 0 Å². The van der Waals surface area contributed by atoms with Gasteiger partial charge in [0.15, 0.2) is 0 Å². The fourth-order valence-electron chi connectivity index (χ4n) is 0.760. The van der Waals surface area contributed by atoms with Crippen molar-refractivity contribution in [3.8, 4) is 0 Å². The lowest BCUT2D eigenvalue weighted by molar-refractivity contribution is 0.211. The van der Waals surface area contributed by atoms with Crippen LogP contribution in [0.1, 0.15) is 27.2 Å². The second kappa shape index (κ2) is 4.38. The van der Waals surface area contributed by atoms with Gasteiger partial charge in [-0.05, 0) is 19.3 Å². The molecule has 2 heteroatoms. The zero-order valence-electron chi connectivity index (χ0n) is 6.27. The van der Waals surface area contributed by atoms with Gasteiger partial charge in [-0.3, -0.25) is 0 Å². The monoisotopic (exact) mass is 130 g/mol. The lowest BCUT2D eigenvalue weighted by Gasteiger charge is -2.12. The van der Waals surface area contributed by atoms with Gasteiger partial charge in [0.2, 0.25) is 0 Å². The van der Waals surface area contributed by atoms with Crippen LogP contribution in [-0.2, 0) is 3.79 Å². The standard InChI is InChI=1S/C6H13O.Al.2H/c1-5(2)4-6(3)7;;;/h5-6H,4H2,1-3H3;;;/q-1;+1;;. The molecule has 0 aromatic carbocycles. The minimum Gasteiger partial charge on any atom is -0.504 e. The first-order valence-electron chi connectivity index (χ1n) is 3.19. The van der Waals surface area contributed by atoms with Gasteiger partial charge >= 0.3 is 16.6 Å². The second-order valence-electron chi connectivity index (χ2n) is 2.68. The molecule has 0 N–H and O–H groups in total. The van der Waals surface area contributed by atoms with E-state index in [0.717, 1.165) is 22.5 Å². The normalized spacial score (nSPS) is 14.5. The maximum Gasteiger partial charge on any atom is 0.410 e. The van der Waals surface area contributed by atoms with E-state index in [0.29, 0.717) is 6.10 Å². The first-order chi connectivity index (χ1) is 3.66.